The Morgan fingerprint density at radius 2 is 2.41 bits per heavy atom. The number of ether oxygens (including phenoxy) is 1. The van der Waals surface area contributed by atoms with E-state index in [0.717, 1.165) is 5.76 Å². The van der Waals surface area contributed by atoms with E-state index in [1.165, 1.54) is 0 Å². The van der Waals surface area contributed by atoms with Gasteiger partial charge in [-0.1, -0.05) is 0 Å². The highest BCUT2D eigenvalue weighted by Crippen LogP contribution is 2.19. The van der Waals surface area contributed by atoms with Crippen molar-refractivity contribution in [1.82, 2.24) is 0 Å². The first-order chi connectivity index (χ1) is 8.24. The lowest BCUT2D eigenvalue weighted by molar-refractivity contribution is -0.137. The fourth-order valence-electron chi connectivity index (χ4n) is 1.36. The normalized spacial score (nSPS) is 11.6. The largest absolute Gasteiger partial charge is 0.481 e. The van der Waals surface area contributed by atoms with Crippen LogP contribution in [0.15, 0.2) is 22.8 Å². The maximum Gasteiger partial charge on any atom is 0.303 e. The molecule has 1 heterocycles. The van der Waals surface area contributed by atoms with Gasteiger partial charge < -0.3 is 14.3 Å². The lowest BCUT2D eigenvalue weighted by Gasteiger charge is -2.07. The van der Waals surface area contributed by atoms with Crippen LogP contribution in [0.4, 0.5) is 0 Å². The number of aliphatic carboxylic acids is 1. The van der Waals surface area contributed by atoms with E-state index in [4.69, 9.17) is 14.3 Å². The Morgan fingerprint density at radius 3 is 3.00 bits per heavy atom. The van der Waals surface area contributed by atoms with Crippen LogP contribution in [0.3, 0.4) is 0 Å². The standard InChI is InChI=1S/C13H16O4/c1-16-11(12-8-6-10-17-12)7-4-2-3-5-9-13(14)15/h6,8,10-11H,3,5,7,9H2,1H3,(H,14,15). The van der Waals surface area contributed by atoms with E-state index in [9.17, 15) is 4.79 Å². The van der Waals surface area contributed by atoms with E-state index in [1.54, 1.807) is 13.4 Å². The third-order valence-corrected chi connectivity index (χ3v) is 2.25. The third kappa shape index (κ3) is 5.23. The van der Waals surface area contributed by atoms with Crippen LogP contribution in [-0.4, -0.2) is 18.2 Å². The number of carboxylic acids is 1. The lowest BCUT2D eigenvalue weighted by Crippen LogP contribution is -1.98. The van der Waals surface area contributed by atoms with Gasteiger partial charge in [-0.25, -0.2) is 0 Å². The summed E-state index contributed by atoms with van der Waals surface area (Å²) in [4.78, 5) is 10.3. The van der Waals surface area contributed by atoms with Gasteiger partial charge in [0.2, 0.25) is 0 Å². The summed E-state index contributed by atoms with van der Waals surface area (Å²) in [5.41, 5.74) is 0. The summed E-state index contributed by atoms with van der Waals surface area (Å²) in [7, 11) is 1.61. The predicted molar refractivity (Wildman–Crippen MR) is 62.3 cm³/mol. The van der Waals surface area contributed by atoms with Crippen LogP contribution in [0.2, 0.25) is 0 Å². The minimum absolute atomic E-state index is 0.156. The molecule has 0 bridgehead atoms. The molecule has 0 spiro atoms. The highest BCUT2D eigenvalue weighted by molar-refractivity contribution is 5.66. The van der Waals surface area contributed by atoms with Crippen LogP contribution in [0.5, 0.6) is 0 Å². The fraction of sp³-hybridized carbons (Fsp3) is 0.462. The topological polar surface area (TPSA) is 59.7 Å². The molecule has 4 nitrogen and oxygen atoms in total. The van der Waals surface area contributed by atoms with Crippen molar-refractivity contribution >= 4 is 5.97 Å². The van der Waals surface area contributed by atoms with Gasteiger partial charge in [0.15, 0.2) is 0 Å². The second kappa shape index (κ2) is 7.53. The Labute approximate surface area is 101 Å². The van der Waals surface area contributed by atoms with Gasteiger partial charge in [-0.2, -0.15) is 0 Å². The second-order valence-corrected chi connectivity index (χ2v) is 3.54. The van der Waals surface area contributed by atoms with E-state index < -0.39 is 5.97 Å². The molecule has 0 amide bonds. The smallest absolute Gasteiger partial charge is 0.303 e. The van der Waals surface area contributed by atoms with Gasteiger partial charge in [-0.3, -0.25) is 4.79 Å². The maximum absolute atomic E-state index is 10.3. The molecule has 1 aromatic heterocycles. The molecule has 0 saturated carbocycles. The van der Waals surface area contributed by atoms with Crippen LogP contribution in [0.1, 0.15) is 37.5 Å². The van der Waals surface area contributed by atoms with Gasteiger partial charge in [0.05, 0.1) is 6.26 Å². The molecule has 1 aromatic rings. The summed E-state index contributed by atoms with van der Waals surface area (Å²) in [6, 6.07) is 3.65. The minimum Gasteiger partial charge on any atom is -0.481 e. The van der Waals surface area contributed by atoms with Gasteiger partial charge in [0, 0.05) is 26.4 Å². The van der Waals surface area contributed by atoms with E-state index in [1.807, 2.05) is 12.1 Å². The molecule has 0 aliphatic rings. The van der Waals surface area contributed by atoms with Gasteiger partial charge >= 0.3 is 5.97 Å². The number of carbonyl (C=O) groups is 1. The summed E-state index contributed by atoms with van der Waals surface area (Å²) >= 11 is 0. The maximum atomic E-state index is 10.3. The molecule has 4 heteroatoms. The van der Waals surface area contributed by atoms with E-state index in [-0.39, 0.29) is 12.5 Å². The molecular formula is C13H16O4. The van der Waals surface area contributed by atoms with Crippen LogP contribution >= 0.6 is 0 Å². The highest BCUT2D eigenvalue weighted by atomic mass is 16.5. The second-order valence-electron chi connectivity index (χ2n) is 3.54. The number of rotatable bonds is 6. The Kier molecular flexibility index (Phi) is 5.91. The van der Waals surface area contributed by atoms with Gasteiger partial charge in [-0.15, -0.1) is 11.8 Å². The van der Waals surface area contributed by atoms with Crippen molar-refractivity contribution in [2.75, 3.05) is 7.11 Å². The van der Waals surface area contributed by atoms with Crippen molar-refractivity contribution in [2.24, 2.45) is 0 Å². The average Bonchev–Trinajstić information content (AvgIpc) is 2.81. The summed E-state index contributed by atoms with van der Waals surface area (Å²) in [6.07, 6.45) is 3.35. The summed E-state index contributed by atoms with van der Waals surface area (Å²) < 4.78 is 10.5. The third-order valence-electron chi connectivity index (χ3n) is 2.25. The predicted octanol–water partition coefficient (Wildman–Crippen LogP) is 2.62. The van der Waals surface area contributed by atoms with Gasteiger partial charge in [0.1, 0.15) is 11.9 Å². The molecule has 0 aromatic carbocycles. The first-order valence-electron chi connectivity index (χ1n) is 5.47. The SMILES string of the molecule is COC(CC#CCCCC(=O)O)c1ccco1. The molecule has 1 atom stereocenters. The summed E-state index contributed by atoms with van der Waals surface area (Å²) in [5.74, 6) is 5.88. The number of furan rings is 1. The summed E-state index contributed by atoms with van der Waals surface area (Å²) in [6.45, 7) is 0. The molecule has 0 aliphatic heterocycles. The zero-order valence-electron chi connectivity index (χ0n) is 9.81. The number of hydrogen-bond donors (Lipinski definition) is 1. The van der Waals surface area contributed by atoms with Crippen molar-refractivity contribution in [1.29, 1.82) is 0 Å². The van der Waals surface area contributed by atoms with Crippen molar-refractivity contribution in [3.05, 3.63) is 24.2 Å². The Morgan fingerprint density at radius 1 is 1.59 bits per heavy atom. The number of carboxylic acid groups (broad SMARTS) is 1. The minimum atomic E-state index is -0.780. The molecular weight excluding hydrogens is 220 g/mol. The van der Waals surface area contributed by atoms with Crippen molar-refractivity contribution in [3.8, 4) is 11.8 Å². The molecule has 0 aliphatic carbocycles. The number of hydrogen-bond acceptors (Lipinski definition) is 3. The quantitative estimate of drug-likeness (QED) is 0.609. The molecule has 1 unspecified atom stereocenters. The molecule has 17 heavy (non-hydrogen) atoms. The lowest BCUT2D eigenvalue weighted by atomic mass is 10.2. The van der Waals surface area contributed by atoms with Gasteiger partial charge in [0.25, 0.3) is 0 Å². The zero-order valence-corrected chi connectivity index (χ0v) is 9.81. The Balaban J connectivity index is 2.29. The van der Waals surface area contributed by atoms with Crippen LogP contribution < -0.4 is 0 Å². The number of methoxy groups -OCH3 is 1. The monoisotopic (exact) mass is 236 g/mol. The van der Waals surface area contributed by atoms with Crippen LogP contribution in [-0.2, 0) is 9.53 Å². The molecule has 92 valence electrons. The van der Waals surface area contributed by atoms with E-state index in [2.05, 4.69) is 11.8 Å². The highest BCUT2D eigenvalue weighted by Gasteiger charge is 2.10. The number of unbranched alkanes of at least 4 members (excludes halogenated alkanes) is 1. The summed E-state index contributed by atoms with van der Waals surface area (Å²) in [5, 5.41) is 8.44. The van der Waals surface area contributed by atoms with Crippen LogP contribution in [0, 0.1) is 11.8 Å². The molecule has 0 radical (unpaired) electrons. The molecule has 1 rings (SSSR count). The Hall–Kier alpha value is -1.73. The van der Waals surface area contributed by atoms with E-state index in [0.29, 0.717) is 19.3 Å². The molecule has 0 fully saturated rings. The van der Waals surface area contributed by atoms with Crippen molar-refractivity contribution < 1.29 is 19.1 Å². The first kappa shape index (κ1) is 13.3. The van der Waals surface area contributed by atoms with Crippen molar-refractivity contribution in [2.45, 2.75) is 31.8 Å². The molecule has 1 N–H and O–H groups in total. The Bertz CT molecular complexity index is 383. The zero-order chi connectivity index (χ0) is 12.5. The van der Waals surface area contributed by atoms with Gasteiger partial charge in [-0.05, 0) is 18.6 Å². The molecule has 0 saturated heterocycles. The fourth-order valence-corrected chi connectivity index (χ4v) is 1.36. The first-order valence-corrected chi connectivity index (χ1v) is 5.47. The van der Waals surface area contributed by atoms with Crippen LogP contribution in [0.25, 0.3) is 0 Å². The average molecular weight is 236 g/mol. The van der Waals surface area contributed by atoms with E-state index >= 15 is 0 Å². The van der Waals surface area contributed by atoms with Crippen molar-refractivity contribution in [3.63, 3.8) is 0 Å².